The monoisotopic (exact) mass is 246 g/mol. The molecule has 0 amide bonds. The van der Waals surface area contributed by atoms with Crippen LogP contribution in [0.2, 0.25) is 0 Å². The molecule has 0 aliphatic carbocycles. The molecule has 18 heavy (non-hydrogen) atoms. The molecule has 2 rings (SSSR count). The van der Waals surface area contributed by atoms with Gasteiger partial charge in [0.15, 0.2) is 0 Å². The summed E-state index contributed by atoms with van der Waals surface area (Å²) in [6.07, 6.45) is 2.85. The first-order valence-electron chi connectivity index (χ1n) is 6.53. The number of nitrogens with one attached hydrogen (secondary N) is 1. The van der Waals surface area contributed by atoms with Gasteiger partial charge in [0.05, 0.1) is 19.7 Å². The Labute approximate surface area is 108 Å². The topological polar surface area (TPSA) is 30.7 Å². The molecule has 0 saturated heterocycles. The summed E-state index contributed by atoms with van der Waals surface area (Å²) < 4.78 is 5.02. The van der Waals surface area contributed by atoms with Gasteiger partial charge in [-0.3, -0.25) is 0 Å². The molecule has 1 aliphatic rings. The molecule has 96 valence electrons. The summed E-state index contributed by atoms with van der Waals surface area (Å²) in [4.78, 5) is 13.1. The third kappa shape index (κ3) is 3.44. The van der Waals surface area contributed by atoms with Crippen LogP contribution in [0.5, 0.6) is 0 Å². The van der Waals surface area contributed by atoms with Crippen molar-refractivity contribution in [2.75, 3.05) is 19.7 Å². The maximum absolute atomic E-state index is 11.6. The van der Waals surface area contributed by atoms with Gasteiger partial charge in [0, 0.05) is 17.6 Å². The number of quaternary nitrogens is 1. The van der Waals surface area contributed by atoms with Crippen molar-refractivity contribution in [3.63, 3.8) is 0 Å². The van der Waals surface area contributed by atoms with Crippen LogP contribution in [-0.4, -0.2) is 25.7 Å². The lowest BCUT2D eigenvalue weighted by Gasteiger charge is -2.22. The van der Waals surface area contributed by atoms with Crippen LogP contribution >= 0.6 is 0 Å². The fourth-order valence-electron chi connectivity index (χ4n) is 2.24. The number of hydrogen-bond donors (Lipinski definition) is 1. The average molecular weight is 246 g/mol. The van der Waals surface area contributed by atoms with Crippen molar-refractivity contribution >= 4 is 5.97 Å². The summed E-state index contributed by atoms with van der Waals surface area (Å²) in [5.74, 6) is -0.142. The van der Waals surface area contributed by atoms with Crippen molar-refractivity contribution in [2.24, 2.45) is 0 Å². The summed E-state index contributed by atoms with van der Waals surface area (Å²) in [6, 6.07) is 10.5. The Morgan fingerprint density at radius 3 is 2.72 bits per heavy atom. The minimum atomic E-state index is -0.142. The summed E-state index contributed by atoms with van der Waals surface area (Å²) >= 11 is 0. The molecule has 1 aromatic carbocycles. The molecule has 1 unspecified atom stereocenters. The molecule has 0 fully saturated rings. The van der Waals surface area contributed by atoms with Crippen LogP contribution in [0, 0.1) is 0 Å². The maximum Gasteiger partial charge on any atom is 0.334 e. The fourth-order valence-corrected chi connectivity index (χ4v) is 2.24. The minimum Gasteiger partial charge on any atom is -0.463 e. The molecular formula is C15H20NO2+. The van der Waals surface area contributed by atoms with E-state index in [0.29, 0.717) is 6.61 Å². The van der Waals surface area contributed by atoms with Crippen LogP contribution in [0.25, 0.3) is 0 Å². The predicted octanol–water partition coefficient (Wildman–Crippen LogP) is 0.965. The zero-order chi connectivity index (χ0) is 12.8. The van der Waals surface area contributed by atoms with Crippen molar-refractivity contribution in [3.05, 3.63) is 47.5 Å². The molecule has 1 atom stereocenters. The van der Waals surface area contributed by atoms with E-state index in [1.165, 1.54) is 10.5 Å². The Morgan fingerprint density at radius 1 is 1.33 bits per heavy atom. The number of ether oxygens (including phenoxy) is 1. The van der Waals surface area contributed by atoms with Crippen molar-refractivity contribution in [1.82, 2.24) is 0 Å². The van der Waals surface area contributed by atoms with Gasteiger partial charge >= 0.3 is 5.97 Å². The Morgan fingerprint density at radius 2 is 2.11 bits per heavy atom. The summed E-state index contributed by atoms with van der Waals surface area (Å²) in [5.41, 5.74) is 2.19. The summed E-state index contributed by atoms with van der Waals surface area (Å²) in [5, 5.41) is 0. The highest BCUT2D eigenvalue weighted by Crippen LogP contribution is 2.05. The van der Waals surface area contributed by atoms with Gasteiger partial charge in [-0.15, -0.1) is 0 Å². The predicted molar refractivity (Wildman–Crippen MR) is 70.2 cm³/mol. The first-order chi connectivity index (χ1) is 8.79. The van der Waals surface area contributed by atoms with Crippen LogP contribution < -0.4 is 4.90 Å². The molecule has 0 radical (unpaired) electrons. The van der Waals surface area contributed by atoms with Gasteiger partial charge in [-0.1, -0.05) is 30.3 Å². The standard InChI is InChI=1S/C15H19NO2/c1-2-18-15(17)14-8-10-16(11-9-14)12-13-6-4-3-5-7-13/h3-8H,2,9-12H2,1H3/p+1. The molecule has 1 aromatic rings. The highest BCUT2D eigenvalue weighted by molar-refractivity contribution is 5.88. The second-order valence-electron chi connectivity index (χ2n) is 4.57. The van der Waals surface area contributed by atoms with E-state index in [-0.39, 0.29) is 5.97 Å². The Hall–Kier alpha value is -1.61. The largest absolute Gasteiger partial charge is 0.463 e. The lowest BCUT2D eigenvalue weighted by Crippen LogP contribution is -3.11. The third-order valence-electron chi connectivity index (χ3n) is 3.22. The first-order valence-corrected chi connectivity index (χ1v) is 6.53. The normalized spacial score (nSPS) is 19.2. The Bertz CT molecular complexity index is 425. The van der Waals surface area contributed by atoms with E-state index in [0.717, 1.165) is 31.6 Å². The molecule has 0 saturated carbocycles. The zero-order valence-electron chi connectivity index (χ0n) is 10.8. The highest BCUT2D eigenvalue weighted by Gasteiger charge is 2.20. The van der Waals surface area contributed by atoms with Crippen LogP contribution in [0.1, 0.15) is 18.9 Å². The Balaban J connectivity index is 1.88. The second-order valence-corrected chi connectivity index (χ2v) is 4.57. The van der Waals surface area contributed by atoms with Gasteiger partial charge in [0.2, 0.25) is 0 Å². The molecule has 0 aromatic heterocycles. The molecule has 0 bridgehead atoms. The van der Waals surface area contributed by atoms with Crippen molar-refractivity contribution in [1.29, 1.82) is 0 Å². The van der Waals surface area contributed by atoms with Gasteiger partial charge in [-0.2, -0.15) is 0 Å². The second kappa shape index (κ2) is 6.36. The smallest absolute Gasteiger partial charge is 0.334 e. The van der Waals surface area contributed by atoms with Crippen LogP contribution in [0.4, 0.5) is 0 Å². The van der Waals surface area contributed by atoms with Crippen molar-refractivity contribution in [2.45, 2.75) is 19.9 Å². The van der Waals surface area contributed by atoms with Gasteiger partial charge in [0.25, 0.3) is 0 Å². The lowest BCUT2D eigenvalue weighted by molar-refractivity contribution is -0.909. The van der Waals surface area contributed by atoms with Crippen LogP contribution in [-0.2, 0) is 16.1 Å². The van der Waals surface area contributed by atoms with Gasteiger partial charge in [0.1, 0.15) is 6.54 Å². The molecule has 3 heteroatoms. The lowest BCUT2D eigenvalue weighted by atomic mass is 10.1. The van der Waals surface area contributed by atoms with Gasteiger partial charge in [-0.25, -0.2) is 4.79 Å². The van der Waals surface area contributed by atoms with Gasteiger partial charge in [-0.05, 0) is 13.0 Å². The van der Waals surface area contributed by atoms with Crippen LogP contribution in [0.3, 0.4) is 0 Å². The van der Waals surface area contributed by atoms with E-state index in [9.17, 15) is 4.79 Å². The van der Waals surface area contributed by atoms with E-state index in [4.69, 9.17) is 4.74 Å². The third-order valence-corrected chi connectivity index (χ3v) is 3.22. The number of carbonyl (C=O) groups is 1. The summed E-state index contributed by atoms with van der Waals surface area (Å²) in [7, 11) is 0. The quantitative estimate of drug-likeness (QED) is 0.802. The fraction of sp³-hybridized carbons (Fsp3) is 0.400. The molecular weight excluding hydrogens is 226 g/mol. The number of benzene rings is 1. The SMILES string of the molecule is CCOC(=O)C1=CC[NH+](Cc2ccccc2)CC1. The average Bonchev–Trinajstić information content (AvgIpc) is 2.41. The minimum absolute atomic E-state index is 0.142. The van der Waals surface area contributed by atoms with Crippen molar-refractivity contribution in [3.8, 4) is 0 Å². The number of esters is 1. The first kappa shape index (κ1) is 12.8. The number of rotatable bonds is 4. The number of carbonyl (C=O) groups excluding carboxylic acids is 1. The van der Waals surface area contributed by atoms with E-state index in [1.807, 2.05) is 19.1 Å². The van der Waals surface area contributed by atoms with Crippen LogP contribution in [0.15, 0.2) is 42.0 Å². The Kier molecular flexibility index (Phi) is 4.53. The zero-order valence-corrected chi connectivity index (χ0v) is 10.8. The summed E-state index contributed by atoms with van der Waals surface area (Å²) in [6.45, 7) is 5.22. The maximum atomic E-state index is 11.6. The molecule has 1 N–H and O–H groups in total. The molecule has 3 nitrogen and oxygen atoms in total. The van der Waals surface area contributed by atoms with Crippen molar-refractivity contribution < 1.29 is 14.4 Å². The van der Waals surface area contributed by atoms with E-state index in [1.54, 1.807) is 0 Å². The number of hydrogen-bond acceptors (Lipinski definition) is 2. The molecule has 1 heterocycles. The molecule has 0 spiro atoms. The van der Waals surface area contributed by atoms with E-state index in [2.05, 4.69) is 24.3 Å². The van der Waals surface area contributed by atoms with E-state index < -0.39 is 0 Å². The van der Waals surface area contributed by atoms with E-state index >= 15 is 0 Å². The van der Waals surface area contributed by atoms with Gasteiger partial charge < -0.3 is 9.64 Å². The highest BCUT2D eigenvalue weighted by atomic mass is 16.5. The molecule has 1 aliphatic heterocycles.